The van der Waals surface area contributed by atoms with Crippen LogP contribution in [0.25, 0.3) is 0 Å². The van der Waals surface area contributed by atoms with Crippen LogP contribution in [0.5, 0.6) is 5.75 Å². The van der Waals surface area contributed by atoms with Crippen molar-refractivity contribution in [2.45, 2.75) is 0 Å². The van der Waals surface area contributed by atoms with E-state index in [1.165, 1.54) is 0 Å². The highest BCUT2D eigenvalue weighted by atomic mass is 79.9. The van der Waals surface area contributed by atoms with Crippen LogP contribution in [0.1, 0.15) is 0 Å². The van der Waals surface area contributed by atoms with Crippen molar-refractivity contribution in [3.8, 4) is 5.75 Å². The molecule has 0 bridgehead atoms. The first-order valence-corrected chi connectivity index (χ1v) is 8.00. The summed E-state index contributed by atoms with van der Waals surface area (Å²) in [6, 6.07) is 0. The molecule has 0 fully saturated rings. The summed E-state index contributed by atoms with van der Waals surface area (Å²) in [5, 5.41) is 0. The van der Waals surface area contributed by atoms with Gasteiger partial charge in [-0.15, -0.1) is 0 Å². The van der Waals surface area contributed by atoms with Gasteiger partial charge >= 0.3 is 0 Å². The fourth-order valence-corrected chi connectivity index (χ4v) is 4.13. The highest BCUT2D eigenvalue weighted by Gasteiger charge is 2.19. The number of ether oxygens (including phenoxy) is 1. The first kappa shape index (κ1) is 15.9. The van der Waals surface area contributed by atoms with E-state index in [0.717, 1.165) is 13.4 Å². The smallest absolute Gasteiger partial charge is 0.271 e. The molecule has 1 aromatic carbocycles. The number of hydrogen-bond donors (Lipinski definition) is 2. The van der Waals surface area contributed by atoms with Crippen molar-refractivity contribution in [1.82, 2.24) is 5.43 Å². The number of halogens is 5. The largest absolute Gasteiger partial charge is 0.481 e. The molecule has 4 nitrogen and oxygen atoms in total. The van der Waals surface area contributed by atoms with E-state index in [2.05, 4.69) is 79.6 Å². The molecule has 0 aliphatic carbocycles. The number of hydrazine groups is 1. The molecule has 0 spiro atoms. The first-order valence-electron chi connectivity index (χ1n) is 4.03. The van der Waals surface area contributed by atoms with Crippen LogP contribution in [-0.4, -0.2) is 12.5 Å². The second kappa shape index (κ2) is 6.85. The van der Waals surface area contributed by atoms with E-state index < -0.39 is 5.91 Å². The van der Waals surface area contributed by atoms with Crippen LogP contribution in [0.2, 0.25) is 0 Å². The minimum absolute atomic E-state index is 0.172. The Morgan fingerprint density at radius 1 is 1.00 bits per heavy atom. The average molecular weight is 561 g/mol. The molecule has 0 heterocycles. The van der Waals surface area contributed by atoms with Crippen LogP contribution in [0.15, 0.2) is 22.4 Å². The van der Waals surface area contributed by atoms with Crippen molar-refractivity contribution in [2.24, 2.45) is 5.84 Å². The standard InChI is InChI=1S/C8H5Br5N2O2/c9-3-4(10)6(12)8(7(13)5(3)11)17-1-2(16)15-14/h1,14H2,(H,15,16). The fourth-order valence-electron chi connectivity index (χ4n) is 0.891. The SMILES string of the molecule is NNC(=O)COc1c(Br)c(Br)c(Br)c(Br)c1Br. The lowest BCUT2D eigenvalue weighted by Gasteiger charge is -2.14. The molecule has 1 amide bonds. The Bertz CT molecular complexity index is 437. The Hall–Kier alpha value is 0.850. The predicted molar refractivity (Wildman–Crippen MR) is 82.8 cm³/mol. The van der Waals surface area contributed by atoms with Crippen LogP contribution >= 0.6 is 79.6 Å². The average Bonchev–Trinajstić information content (AvgIpc) is 2.33. The summed E-state index contributed by atoms with van der Waals surface area (Å²) in [6.45, 7) is -0.172. The normalized spacial score (nSPS) is 10.2. The van der Waals surface area contributed by atoms with Crippen LogP contribution in [0.3, 0.4) is 0 Å². The van der Waals surface area contributed by atoms with Crippen LogP contribution in [0, 0.1) is 0 Å². The zero-order valence-corrected chi connectivity index (χ0v) is 15.9. The third-order valence-corrected chi connectivity index (χ3v) is 7.70. The van der Waals surface area contributed by atoms with E-state index in [1.807, 2.05) is 5.43 Å². The van der Waals surface area contributed by atoms with Gasteiger partial charge in [0.2, 0.25) is 0 Å². The Morgan fingerprint density at radius 2 is 1.41 bits per heavy atom. The zero-order chi connectivity index (χ0) is 13.2. The summed E-state index contributed by atoms with van der Waals surface area (Å²) in [5.74, 6) is 5.05. The zero-order valence-electron chi connectivity index (χ0n) is 7.99. The lowest BCUT2D eigenvalue weighted by atomic mass is 10.3. The van der Waals surface area contributed by atoms with Crippen molar-refractivity contribution < 1.29 is 9.53 Å². The summed E-state index contributed by atoms with van der Waals surface area (Å²) < 4.78 is 9.11. The van der Waals surface area contributed by atoms with Crippen molar-refractivity contribution >= 4 is 85.6 Å². The maximum absolute atomic E-state index is 11.0. The van der Waals surface area contributed by atoms with Crippen LogP contribution in [-0.2, 0) is 4.79 Å². The Kier molecular flexibility index (Phi) is 6.41. The minimum Gasteiger partial charge on any atom is -0.481 e. The molecule has 0 aromatic heterocycles. The lowest BCUT2D eigenvalue weighted by Crippen LogP contribution is -2.34. The quantitative estimate of drug-likeness (QED) is 0.194. The maximum Gasteiger partial charge on any atom is 0.271 e. The molecule has 3 N–H and O–H groups in total. The number of carbonyl (C=O) groups excluding carboxylic acids is 1. The highest BCUT2D eigenvalue weighted by molar-refractivity contribution is 9.15. The molecule has 0 aliphatic heterocycles. The highest BCUT2D eigenvalue weighted by Crippen LogP contribution is 2.48. The van der Waals surface area contributed by atoms with Crippen LogP contribution in [0.4, 0.5) is 0 Å². The summed E-state index contributed by atoms with van der Waals surface area (Å²) in [4.78, 5) is 11.0. The van der Waals surface area contributed by atoms with Crippen molar-refractivity contribution in [2.75, 3.05) is 6.61 Å². The van der Waals surface area contributed by atoms with E-state index in [9.17, 15) is 4.79 Å². The van der Waals surface area contributed by atoms with Gasteiger partial charge < -0.3 is 4.74 Å². The van der Waals surface area contributed by atoms with Crippen molar-refractivity contribution in [3.63, 3.8) is 0 Å². The number of nitrogens with one attached hydrogen (secondary N) is 1. The minimum atomic E-state index is -0.418. The first-order chi connectivity index (χ1) is 7.90. The van der Waals surface area contributed by atoms with Gasteiger partial charge in [0.15, 0.2) is 12.4 Å². The summed E-state index contributed by atoms with van der Waals surface area (Å²) in [6.07, 6.45) is 0. The van der Waals surface area contributed by atoms with Gasteiger partial charge in [-0.2, -0.15) is 0 Å². The number of benzene rings is 1. The molecule has 0 saturated carbocycles. The molecule has 94 valence electrons. The molecule has 0 unspecified atom stereocenters. The third kappa shape index (κ3) is 3.66. The topological polar surface area (TPSA) is 64.3 Å². The van der Waals surface area contributed by atoms with E-state index >= 15 is 0 Å². The molecule has 0 radical (unpaired) electrons. The van der Waals surface area contributed by atoms with E-state index in [0.29, 0.717) is 14.7 Å². The van der Waals surface area contributed by atoms with Gasteiger partial charge in [-0.05, 0) is 79.6 Å². The number of carbonyl (C=O) groups is 1. The molecule has 1 aromatic rings. The Labute approximate surface area is 140 Å². The maximum atomic E-state index is 11.0. The summed E-state index contributed by atoms with van der Waals surface area (Å²) >= 11 is 16.9. The van der Waals surface area contributed by atoms with E-state index in [4.69, 9.17) is 10.6 Å². The summed E-state index contributed by atoms with van der Waals surface area (Å²) in [5.41, 5.74) is 1.99. The van der Waals surface area contributed by atoms with Gasteiger partial charge in [0, 0.05) is 4.47 Å². The Balaban J connectivity index is 3.12. The number of nitrogens with two attached hydrogens (primary N) is 1. The molecule has 1 rings (SSSR count). The molecular weight excluding hydrogens is 556 g/mol. The van der Waals surface area contributed by atoms with Gasteiger partial charge in [-0.25, -0.2) is 5.84 Å². The lowest BCUT2D eigenvalue weighted by molar-refractivity contribution is -0.123. The molecular formula is C8H5Br5N2O2. The number of amides is 1. The summed E-state index contributed by atoms with van der Waals surface area (Å²) in [7, 11) is 0. The third-order valence-electron chi connectivity index (χ3n) is 1.68. The molecule has 0 aliphatic rings. The van der Waals surface area contributed by atoms with E-state index in [-0.39, 0.29) is 6.61 Å². The van der Waals surface area contributed by atoms with Crippen molar-refractivity contribution in [3.05, 3.63) is 22.4 Å². The Morgan fingerprint density at radius 3 is 1.82 bits per heavy atom. The van der Waals surface area contributed by atoms with Gasteiger partial charge in [0.05, 0.1) is 17.9 Å². The van der Waals surface area contributed by atoms with Gasteiger partial charge in [0.1, 0.15) is 0 Å². The van der Waals surface area contributed by atoms with Gasteiger partial charge in [-0.1, -0.05) is 0 Å². The number of rotatable bonds is 3. The van der Waals surface area contributed by atoms with Gasteiger partial charge in [-0.3, -0.25) is 10.2 Å². The fraction of sp³-hybridized carbons (Fsp3) is 0.125. The molecule has 9 heteroatoms. The predicted octanol–water partition coefficient (Wildman–Crippen LogP) is 3.87. The molecule has 0 saturated heterocycles. The second-order valence-corrected chi connectivity index (χ2v) is 6.72. The molecule has 0 atom stereocenters. The second-order valence-electron chi connectivity index (χ2n) is 2.76. The monoisotopic (exact) mass is 556 g/mol. The molecule has 17 heavy (non-hydrogen) atoms. The number of hydrogen-bond acceptors (Lipinski definition) is 3. The van der Waals surface area contributed by atoms with Crippen LogP contribution < -0.4 is 16.0 Å². The van der Waals surface area contributed by atoms with Gasteiger partial charge in [0.25, 0.3) is 5.91 Å². The van der Waals surface area contributed by atoms with E-state index in [1.54, 1.807) is 0 Å². The van der Waals surface area contributed by atoms with Crippen molar-refractivity contribution in [1.29, 1.82) is 0 Å².